The summed E-state index contributed by atoms with van der Waals surface area (Å²) in [5.41, 5.74) is 1.31. The summed E-state index contributed by atoms with van der Waals surface area (Å²) in [5, 5.41) is 4.37. The van der Waals surface area contributed by atoms with Crippen LogP contribution >= 0.6 is 11.6 Å². The molecule has 0 saturated carbocycles. The first-order valence-electron chi connectivity index (χ1n) is 6.41. The second-order valence-corrected chi connectivity index (χ2v) is 5.37. The number of nitrogens with zero attached hydrogens (tertiary/aromatic N) is 1. The molecule has 94 valence electrons. The molecule has 17 heavy (non-hydrogen) atoms. The van der Waals surface area contributed by atoms with Crippen LogP contribution in [0.2, 0.25) is 5.02 Å². The number of rotatable bonds is 3. The standard InChI is InChI=1S/C14H21ClN2/c1-3-14-8-16-11(2)9-17(14)10-12-5-4-6-13(15)7-12/h4-7,11,14,16H,3,8-10H2,1-2H3. The lowest BCUT2D eigenvalue weighted by atomic mass is 10.1. The van der Waals surface area contributed by atoms with Crippen molar-refractivity contribution in [3.63, 3.8) is 0 Å². The molecule has 1 fully saturated rings. The second-order valence-electron chi connectivity index (χ2n) is 4.93. The van der Waals surface area contributed by atoms with E-state index in [2.05, 4.69) is 36.2 Å². The summed E-state index contributed by atoms with van der Waals surface area (Å²) in [6, 6.07) is 9.42. The van der Waals surface area contributed by atoms with Crippen LogP contribution in [0.25, 0.3) is 0 Å². The monoisotopic (exact) mass is 252 g/mol. The molecule has 1 heterocycles. The van der Waals surface area contributed by atoms with Gasteiger partial charge in [0.2, 0.25) is 0 Å². The number of hydrogen-bond donors (Lipinski definition) is 1. The molecule has 1 N–H and O–H groups in total. The number of piperazine rings is 1. The molecule has 1 aliphatic heterocycles. The maximum absolute atomic E-state index is 6.03. The summed E-state index contributed by atoms with van der Waals surface area (Å²) in [5.74, 6) is 0. The molecule has 1 saturated heterocycles. The zero-order valence-electron chi connectivity index (χ0n) is 10.6. The maximum Gasteiger partial charge on any atom is 0.0409 e. The van der Waals surface area contributed by atoms with Crippen molar-refractivity contribution in [3.05, 3.63) is 34.9 Å². The third-order valence-corrected chi connectivity index (χ3v) is 3.71. The Balaban J connectivity index is 2.04. The first-order valence-corrected chi connectivity index (χ1v) is 6.78. The fourth-order valence-corrected chi connectivity index (χ4v) is 2.71. The molecule has 0 aromatic heterocycles. The van der Waals surface area contributed by atoms with Crippen LogP contribution in [0.15, 0.2) is 24.3 Å². The minimum atomic E-state index is 0.581. The fraction of sp³-hybridized carbons (Fsp3) is 0.571. The summed E-state index contributed by atoms with van der Waals surface area (Å²) in [4.78, 5) is 2.56. The van der Waals surface area contributed by atoms with Crippen LogP contribution in [-0.2, 0) is 6.54 Å². The molecule has 0 spiro atoms. The van der Waals surface area contributed by atoms with E-state index in [0.717, 1.165) is 24.7 Å². The number of hydrogen-bond acceptors (Lipinski definition) is 2. The van der Waals surface area contributed by atoms with Crippen LogP contribution in [-0.4, -0.2) is 30.1 Å². The summed E-state index contributed by atoms with van der Waals surface area (Å²) >= 11 is 6.03. The number of halogens is 1. The van der Waals surface area contributed by atoms with E-state index in [1.165, 1.54) is 12.0 Å². The van der Waals surface area contributed by atoms with E-state index in [4.69, 9.17) is 11.6 Å². The Morgan fingerprint density at radius 1 is 1.47 bits per heavy atom. The molecule has 1 aliphatic rings. The summed E-state index contributed by atoms with van der Waals surface area (Å²) in [7, 11) is 0. The first-order chi connectivity index (χ1) is 8.19. The van der Waals surface area contributed by atoms with E-state index >= 15 is 0 Å². The van der Waals surface area contributed by atoms with Crippen LogP contribution in [0.1, 0.15) is 25.8 Å². The summed E-state index contributed by atoms with van der Waals surface area (Å²) in [6.45, 7) is 7.72. The highest BCUT2D eigenvalue weighted by Crippen LogP contribution is 2.17. The van der Waals surface area contributed by atoms with Crippen LogP contribution in [0.5, 0.6) is 0 Å². The van der Waals surface area contributed by atoms with Gasteiger partial charge in [-0.1, -0.05) is 30.7 Å². The molecule has 2 atom stereocenters. The van der Waals surface area contributed by atoms with Crippen molar-refractivity contribution in [1.29, 1.82) is 0 Å². The van der Waals surface area contributed by atoms with Crippen molar-refractivity contribution in [2.75, 3.05) is 13.1 Å². The molecule has 0 radical (unpaired) electrons. The zero-order chi connectivity index (χ0) is 12.3. The largest absolute Gasteiger partial charge is 0.311 e. The predicted molar refractivity (Wildman–Crippen MR) is 73.4 cm³/mol. The van der Waals surface area contributed by atoms with E-state index in [9.17, 15) is 0 Å². The lowest BCUT2D eigenvalue weighted by molar-refractivity contribution is 0.124. The van der Waals surface area contributed by atoms with Gasteiger partial charge in [-0.25, -0.2) is 0 Å². The number of nitrogens with one attached hydrogen (secondary N) is 1. The van der Waals surface area contributed by atoms with Gasteiger partial charge in [0, 0.05) is 36.7 Å². The Bertz CT molecular complexity index is 367. The third kappa shape index (κ3) is 3.44. The smallest absolute Gasteiger partial charge is 0.0409 e. The average molecular weight is 253 g/mol. The Morgan fingerprint density at radius 2 is 2.29 bits per heavy atom. The highest BCUT2D eigenvalue weighted by Gasteiger charge is 2.24. The normalized spacial score (nSPS) is 26.1. The summed E-state index contributed by atoms with van der Waals surface area (Å²) in [6.07, 6.45) is 1.19. The van der Waals surface area contributed by atoms with Crippen molar-refractivity contribution in [3.8, 4) is 0 Å². The fourth-order valence-electron chi connectivity index (χ4n) is 2.50. The SMILES string of the molecule is CCC1CNC(C)CN1Cc1cccc(Cl)c1. The summed E-state index contributed by atoms with van der Waals surface area (Å²) < 4.78 is 0. The Morgan fingerprint density at radius 3 is 3.00 bits per heavy atom. The number of benzene rings is 1. The van der Waals surface area contributed by atoms with Crippen LogP contribution in [0.4, 0.5) is 0 Å². The average Bonchev–Trinajstić information content (AvgIpc) is 2.29. The van der Waals surface area contributed by atoms with Crippen LogP contribution in [0, 0.1) is 0 Å². The third-order valence-electron chi connectivity index (χ3n) is 3.47. The van der Waals surface area contributed by atoms with Gasteiger partial charge in [-0.2, -0.15) is 0 Å². The van der Waals surface area contributed by atoms with Gasteiger partial charge in [0.05, 0.1) is 0 Å². The molecular weight excluding hydrogens is 232 g/mol. The van der Waals surface area contributed by atoms with Gasteiger partial charge in [0.1, 0.15) is 0 Å². The quantitative estimate of drug-likeness (QED) is 0.890. The van der Waals surface area contributed by atoms with Gasteiger partial charge in [0.15, 0.2) is 0 Å². The molecule has 0 bridgehead atoms. The van der Waals surface area contributed by atoms with Gasteiger partial charge in [-0.05, 0) is 31.0 Å². The van der Waals surface area contributed by atoms with Crippen LogP contribution < -0.4 is 5.32 Å². The molecule has 2 unspecified atom stereocenters. The molecular formula is C14H21ClN2. The maximum atomic E-state index is 6.03. The van der Waals surface area contributed by atoms with Crippen molar-refractivity contribution >= 4 is 11.6 Å². The van der Waals surface area contributed by atoms with E-state index in [-0.39, 0.29) is 0 Å². The topological polar surface area (TPSA) is 15.3 Å². The van der Waals surface area contributed by atoms with E-state index < -0.39 is 0 Å². The lowest BCUT2D eigenvalue weighted by Crippen LogP contribution is -2.54. The minimum Gasteiger partial charge on any atom is -0.311 e. The van der Waals surface area contributed by atoms with Gasteiger partial charge >= 0.3 is 0 Å². The molecule has 1 aromatic carbocycles. The van der Waals surface area contributed by atoms with Gasteiger partial charge < -0.3 is 5.32 Å². The van der Waals surface area contributed by atoms with E-state index in [1.54, 1.807) is 0 Å². The van der Waals surface area contributed by atoms with Crippen molar-refractivity contribution < 1.29 is 0 Å². The van der Waals surface area contributed by atoms with Crippen molar-refractivity contribution in [1.82, 2.24) is 10.2 Å². The van der Waals surface area contributed by atoms with Crippen molar-refractivity contribution in [2.24, 2.45) is 0 Å². The molecule has 2 rings (SSSR count). The van der Waals surface area contributed by atoms with Crippen molar-refractivity contribution in [2.45, 2.75) is 38.9 Å². The van der Waals surface area contributed by atoms with Gasteiger partial charge in [0.25, 0.3) is 0 Å². The Hall–Kier alpha value is -0.570. The van der Waals surface area contributed by atoms with E-state index in [0.29, 0.717) is 12.1 Å². The second kappa shape index (κ2) is 5.85. The predicted octanol–water partition coefficient (Wildman–Crippen LogP) is 2.91. The Kier molecular flexibility index (Phi) is 4.43. The molecule has 0 amide bonds. The minimum absolute atomic E-state index is 0.581. The van der Waals surface area contributed by atoms with Gasteiger partial charge in [-0.15, -0.1) is 0 Å². The Labute approximate surface area is 109 Å². The molecule has 3 heteroatoms. The van der Waals surface area contributed by atoms with Crippen LogP contribution in [0.3, 0.4) is 0 Å². The highest BCUT2D eigenvalue weighted by molar-refractivity contribution is 6.30. The highest BCUT2D eigenvalue weighted by atomic mass is 35.5. The van der Waals surface area contributed by atoms with Gasteiger partial charge in [-0.3, -0.25) is 4.90 Å². The lowest BCUT2D eigenvalue weighted by Gasteiger charge is -2.39. The van der Waals surface area contributed by atoms with E-state index in [1.807, 2.05) is 12.1 Å². The zero-order valence-corrected chi connectivity index (χ0v) is 11.4. The molecule has 1 aromatic rings. The molecule has 0 aliphatic carbocycles. The molecule has 2 nitrogen and oxygen atoms in total. The first kappa shape index (κ1) is 12.9.